The zero-order chi connectivity index (χ0) is 15.2. The average Bonchev–Trinajstić information content (AvgIpc) is 2.44. The maximum atomic E-state index is 12.1. The lowest BCUT2D eigenvalue weighted by molar-refractivity contribution is 0.276. The predicted octanol–water partition coefficient (Wildman–Crippen LogP) is 0.675. The summed E-state index contributed by atoms with van der Waals surface area (Å²) in [7, 11) is 0.676. The Labute approximate surface area is 119 Å². The lowest BCUT2D eigenvalue weighted by Crippen LogP contribution is -2.33. The van der Waals surface area contributed by atoms with Crippen molar-refractivity contribution < 1.29 is 23.0 Å². The third-order valence-electron chi connectivity index (χ3n) is 2.69. The number of ether oxygens (including phenoxy) is 2. The van der Waals surface area contributed by atoms with E-state index < -0.39 is 10.2 Å². The van der Waals surface area contributed by atoms with E-state index in [-0.39, 0.29) is 13.2 Å². The molecule has 1 aromatic carbocycles. The van der Waals surface area contributed by atoms with Crippen molar-refractivity contribution in [3.05, 3.63) is 18.2 Å². The molecule has 1 rings (SSSR count). The van der Waals surface area contributed by atoms with E-state index in [2.05, 4.69) is 4.72 Å². The zero-order valence-electron chi connectivity index (χ0n) is 11.8. The number of methoxy groups -OCH3 is 2. The highest BCUT2D eigenvalue weighted by atomic mass is 32.2. The highest BCUT2D eigenvalue weighted by Gasteiger charge is 2.19. The maximum Gasteiger partial charge on any atom is 0.301 e. The van der Waals surface area contributed by atoms with Gasteiger partial charge in [0.25, 0.3) is 0 Å². The van der Waals surface area contributed by atoms with Gasteiger partial charge >= 0.3 is 10.2 Å². The zero-order valence-corrected chi connectivity index (χ0v) is 12.6. The van der Waals surface area contributed by atoms with E-state index in [4.69, 9.17) is 14.6 Å². The molecule has 0 bridgehead atoms. The van der Waals surface area contributed by atoms with E-state index >= 15 is 0 Å². The quantitative estimate of drug-likeness (QED) is 0.737. The second kappa shape index (κ2) is 7.32. The predicted molar refractivity (Wildman–Crippen MR) is 76.4 cm³/mol. The molecule has 8 heteroatoms. The molecular weight excluding hydrogens is 284 g/mol. The minimum Gasteiger partial charge on any atom is -0.497 e. The summed E-state index contributed by atoms with van der Waals surface area (Å²) in [6.07, 6.45) is 0.368. The molecule has 0 fully saturated rings. The fourth-order valence-corrected chi connectivity index (χ4v) is 2.49. The van der Waals surface area contributed by atoms with Crippen LogP contribution in [0, 0.1) is 0 Å². The molecule has 0 radical (unpaired) electrons. The van der Waals surface area contributed by atoms with Crippen LogP contribution >= 0.6 is 0 Å². The molecule has 0 aliphatic rings. The Morgan fingerprint density at radius 1 is 1.30 bits per heavy atom. The van der Waals surface area contributed by atoms with Crippen molar-refractivity contribution in [2.45, 2.75) is 6.42 Å². The monoisotopic (exact) mass is 304 g/mol. The smallest absolute Gasteiger partial charge is 0.301 e. The standard InChI is InChI=1S/C12H20N2O5S/c1-14(7-4-8-15)20(16,17)13-11-9-10(18-2)5-6-12(11)19-3/h5-6,9,13,15H,4,7-8H2,1-3H3. The molecule has 0 aliphatic carbocycles. The van der Waals surface area contributed by atoms with Gasteiger partial charge in [0.1, 0.15) is 11.5 Å². The molecule has 20 heavy (non-hydrogen) atoms. The molecule has 0 amide bonds. The van der Waals surface area contributed by atoms with E-state index in [9.17, 15) is 8.42 Å². The van der Waals surface area contributed by atoms with Crippen LogP contribution in [0.5, 0.6) is 11.5 Å². The number of aliphatic hydroxyl groups excluding tert-OH is 1. The molecular formula is C12H20N2O5S. The van der Waals surface area contributed by atoms with Crippen LogP contribution < -0.4 is 14.2 Å². The first kappa shape index (κ1) is 16.5. The van der Waals surface area contributed by atoms with Crippen molar-refractivity contribution in [3.63, 3.8) is 0 Å². The summed E-state index contributed by atoms with van der Waals surface area (Å²) in [6, 6.07) is 4.83. The third-order valence-corrected chi connectivity index (χ3v) is 4.17. The summed E-state index contributed by atoms with van der Waals surface area (Å²) in [6.45, 7) is 0.153. The van der Waals surface area contributed by atoms with Crippen molar-refractivity contribution in [2.75, 3.05) is 39.1 Å². The lowest BCUT2D eigenvalue weighted by Gasteiger charge is -2.19. The summed E-state index contributed by atoms with van der Waals surface area (Å²) in [5, 5.41) is 8.74. The minimum atomic E-state index is -3.71. The molecule has 0 spiro atoms. The number of nitrogens with one attached hydrogen (secondary N) is 1. The molecule has 7 nitrogen and oxygen atoms in total. The Balaban J connectivity index is 2.95. The summed E-state index contributed by atoms with van der Waals surface area (Å²) in [5.74, 6) is 0.909. The molecule has 0 heterocycles. The fraction of sp³-hybridized carbons (Fsp3) is 0.500. The minimum absolute atomic E-state index is 0.0671. The number of hydrogen-bond donors (Lipinski definition) is 2. The number of nitrogens with zero attached hydrogens (tertiary/aromatic N) is 1. The van der Waals surface area contributed by atoms with Gasteiger partial charge in [-0.15, -0.1) is 0 Å². The number of hydrogen-bond acceptors (Lipinski definition) is 5. The molecule has 0 saturated carbocycles. The first-order valence-electron chi connectivity index (χ1n) is 6.01. The van der Waals surface area contributed by atoms with Crippen LogP contribution in [0.2, 0.25) is 0 Å². The van der Waals surface area contributed by atoms with Crippen molar-refractivity contribution >= 4 is 15.9 Å². The molecule has 0 aliphatic heterocycles. The number of aliphatic hydroxyl groups is 1. The van der Waals surface area contributed by atoms with E-state index in [1.165, 1.54) is 27.3 Å². The van der Waals surface area contributed by atoms with Crippen molar-refractivity contribution in [1.29, 1.82) is 0 Å². The maximum absolute atomic E-state index is 12.1. The van der Waals surface area contributed by atoms with Gasteiger partial charge in [-0.3, -0.25) is 4.72 Å². The Kier molecular flexibility index (Phi) is 6.05. The van der Waals surface area contributed by atoms with Crippen LogP contribution in [-0.2, 0) is 10.2 Å². The van der Waals surface area contributed by atoms with Crippen LogP contribution in [0.3, 0.4) is 0 Å². The highest BCUT2D eigenvalue weighted by Crippen LogP contribution is 2.29. The first-order valence-corrected chi connectivity index (χ1v) is 7.45. The summed E-state index contributed by atoms with van der Waals surface area (Å²) in [5.41, 5.74) is 0.294. The van der Waals surface area contributed by atoms with Gasteiger partial charge in [0.05, 0.1) is 19.9 Å². The van der Waals surface area contributed by atoms with Crippen LogP contribution in [0.25, 0.3) is 0 Å². The van der Waals surface area contributed by atoms with E-state index in [1.807, 2.05) is 0 Å². The lowest BCUT2D eigenvalue weighted by atomic mass is 10.3. The van der Waals surface area contributed by atoms with Crippen LogP contribution in [0.1, 0.15) is 6.42 Å². The molecule has 0 saturated heterocycles. The van der Waals surface area contributed by atoms with Gasteiger partial charge in [0.15, 0.2) is 0 Å². The molecule has 0 aromatic heterocycles. The average molecular weight is 304 g/mol. The fourth-order valence-electron chi connectivity index (χ4n) is 1.52. The summed E-state index contributed by atoms with van der Waals surface area (Å²) >= 11 is 0. The van der Waals surface area contributed by atoms with E-state index in [1.54, 1.807) is 12.1 Å². The van der Waals surface area contributed by atoms with Crippen molar-refractivity contribution in [3.8, 4) is 11.5 Å². The highest BCUT2D eigenvalue weighted by molar-refractivity contribution is 7.90. The number of rotatable bonds is 8. The Morgan fingerprint density at radius 2 is 2.00 bits per heavy atom. The Bertz CT molecular complexity index is 533. The van der Waals surface area contributed by atoms with Crippen molar-refractivity contribution in [1.82, 2.24) is 4.31 Å². The van der Waals surface area contributed by atoms with Crippen LogP contribution in [-0.4, -0.2) is 52.2 Å². The normalized spacial score (nSPS) is 11.4. The SMILES string of the molecule is COc1ccc(OC)c(NS(=O)(=O)N(C)CCCO)c1. The largest absolute Gasteiger partial charge is 0.497 e. The third kappa shape index (κ3) is 4.26. The molecule has 1 aromatic rings. The summed E-state index contributed by atoms with van der Waals surface area (Å²) in [4.78, 5) is 0. The van der Waals surface area contributed by atoms with Gasteiger partial charge in [-0.1, -0.05) is 0 Å². The topological polar surface area (TPSA) is 88.1 Å². The van der Waals surface area contributed by atoms with Gasteiger partial charge in [-0.25, -0.2) is 0 Å². The first-order chi connectivity index (χ1) is 9.44. The summed E-state index contributed by atoms with van der Waals surface area (Å²) < 4.78 is 37.9. The molecule has 0 atom stereocenters. The van der Waals surface area contributed by atoms with Crippen molar-refractivity contribution in [2.24, 2.45) is 0 Å². The van der Waals surface area contributed by atoms with Crippen LogP contribution in [0.4, 0.5) is 5.69 Å². The Morgan fingerprint density at radius 3 is 2.55 bits per heavy atom. The van der Waals surface area contributed by atoms with E-state index in [0.717, 1.165) is 4.31 Å². The van der Waals surface area contributed by atoms with Gasteiger partial charge in [-0.05, 0) is 18.6 Å². The van der Waals surface area contributed by atoms with Crippen LogP contribution in [0.15, 0.2) is 18.2 Å². The number of anilines is 1. The van der Waals surface area contributed by atoms with Gasteiger partial charge in [0.2, 0.25) is 0 Å². The van der Waals surface area contributed by atoms with E-state index in [0.29, 0.717) is 23.6 Å². The number of benzene rings is 1. The molecule has 2 N–H and O–H groups in total. The van der Waals surface area contributed by atoms with Gasteiger partial charge in [0, 0.05) is 26.3 Å². The molecule has 0 unspecified atom stereocenters. The second-order valence-corrected chi connectivity index (χ2v) is 5.85. The Hall–Kier alpha value is -1.51. The van der Waals surface area contributed by atoms with Gasteiger partial charge < -0.3 is 14.6 Å². The second-order valence-electron chi connectivity index (χ2n) is 4.07. The van der Waals surface area contributed by atoms with Gasteiger partial charge in [-0.2, -0.15) is 12.7 Å². The molecule has 114 valence electrons.